The number of hydrogen-bond acceptors (Lipinski definition) is 4. The summed E-state index contributed by atoms with van der Waals surface area (Å²) in [5.41, 5.74) is 1.92. The third-order valence-corrected chi connectivity index (χ3v) is 4.27. The van der Waals surface area contributed by atoms with Crippen LogP contribution in [0.2, 0.25) is 0 Å². The van der Waals surface area contributed by atoms with Crippen LogP contribution in [-0.2, 0) is 16.1 Å². The van der Waals surface area contributed by atoms with Crippen LogP contribution in [0.15, 0.2) is 60.7 Å². The number of aliphatic hydroxyl groups is 1. The lowest BCUT2D eigenvalue weighted by molar-refractivity contribution is -0.143. The summed E-state index contributed by atoms with van der Waals surface area (Å²) in [4.78, 5) is 13.7. The molecule has 0 amide bonds. The molecule has 1 aliphatic rings. The molecule has 0 bridgehead atoms. The zero-order chi connectivity index (χ0) is 16.1. The van der Waals surface area contributed by atoms with E-state index in [1.54, 1.807) is 0 Å². The van der Waals surface area contributed by atoms with E-state index >= 15 is 0 Å². The molecule has 0 radical (unpaired) electrons. The maximum Gasteiger partial charge on any atom is 0.139 e. The van der Waals surface area contributed by atoms with Crippen LogP contribution in [0.25, 0.3) is 0 Å². The molecule has 0 aliphatic carbocycles. The van der Waals surface area contributed by atoms with E-state index in [0.717, 1.165) is 17.4 Å². The SMILES string of the molecule is O=C[C@H]1[C@@H]([C@H](O)c2ccccc2)OCCN1Cc1ccccc1. The van der Waals surface area contributed by atoms with E-state index in [1.165, 1.54) is 0 Å². The first-order valence-corrected chi connectivity index (χ1v) is 7.87. The first-order valence-electron chi connectivity index (χ1n) is 7.87. The molecule has 2 aromatic rings. The maximum atomic E-state index is 11.7. The van der Waals surface area contributed by atoms with Gasteiger partial charge in [-0.15, -0.1) is 0 Å². The molecular formula is C19H21NO3. The highest BCUT2D eigenvalue weighted by atomic mass is 16.5. The van der Waals surface area contributed by atoms with Gasteiger partial charge in [-0.25, -0.2) is 0 Å². The lowest BCUT2D eigenvalue weighted by atomic mass is 9.96. The van der Waals surface area contributed by atoms with Crippen LogP contribution in [0.3, 0.4) is 0 Å². The number of hydrogen-bond donors (Lipinski definition) is 1. The third-order valence-electron chi connectivity index (χ3n) is 4.27. The van der Waals surface area contributed by atoms with Crippen molar-refractivity contribution in [2.24, 2.45) is 0 Å². The van der Waals surface area contributed by atoms with Crippen molar-refractivity contribution in [3.05, 3.63) is 71.8 Å². The molecule has 4 nitrogen and oxygen atoms in total. The molecule has 0 spiro atoms. The summed E-state index contributed by atoms with van der Waals surface area (Å²) >= 11 is 0. The number of morpholine rings is 1. The molecule has 1 saturated heterocycles. The number of nitrogens with zero attached hydrogens (tertiary/aromatic N) is 1. The number of carbonyl (C=O) groups is 1. The number of ether oxygens (including phenoxy) is 1. The van der Waals surface area contributed by atoms with Crippen LogP contribution in [0.4, 0.5) is 0 Å². The molecule has 2 aromatic carbocycles. The van der Waals surface area contributed by atoms with Gasteiger partial charge in [-0.3, -0.25) is 4.90 Å². The van der Waals surface area contributed by atoms with E-state index in [-0.39, 0.29) is 0 Å². The highest BCUT2D eigenvalue weighted by molar-refractivity contribution is 5.59. The lowest BCUT2D eigenvalue weighted by Gasteiger charge is -2.40. The van der Waals surface area contributed by atoms with Crippen molar-refractivity contribution in [1.29, 1.82) is 0 Å². The summed E-state index contributed by atoms with van der Waals surface area (Å²) in [7, 11) is 0. The minimum absolute atomic E-state index is 0.459. The molecule has 0 saturated carbocycles. The van der Waals surface area contributed by atoms with Crippen molar-refractivity contribution in [1.82, 2.24) is 4.90 Å². The Morgan fingerprint density at radius 3 is 2.43 bits per heavy atom. The Kier molecular flexibility index (Phi) is 5.18. The summed E-state index contributed by atoms with van der Waals surface area (Å²) in [6.45, 7) is 1.85. The lowest BCUT2D eigenvalue weighted by Crippen LogP contribution is -2.53. The molecule has 1 aliphatic heterocycles. The van der Waals surface area contributed by atoms with Gasteiger partial charge in [-0.1, -0.05) is 60.7 Å². The second kappa shape index (κ2) is 7.51. The monoisotopic (exact) mass is 311 g/mol. The zero-order valence-electron chi connectivity index (χ0n) is 12.9. The normalized spacial score (nSPS) is 23.3. The number of carbonyl (C=O) groups excluding carboxylic acids is 1. The Balaban J connectivity index is 1.77. The smallest absolute Gasteiger partial charge is 0.139 e. The van der Waals surface area contributed by atoms with E-state index in [9.17, 15) is 9.90 Å². The number of benzene rings is 2. The highest BCUT2D eigenvalue weighted by Crippen LogP contribution is 2.27. The molecule has 4 heteroatoms. The van der Waals surface area contributed by atoms with Crippen molar-refractivity contribution in [3.63, 3.8) is 0 Å². The summed E-state index contributed by atoms with van der Waals surface area (Å²) in [6.07, 6.45) is -0.476. The van der Waals surface area contributed by atoms with Crippen molar-refractivity contribution in [3.8, 4) is 0 Å². The molecule has 3 rings (SSSR count). The minimum Gasteiger partial charge on any atom is -0.386 e. The van der Waals surface area contributed by atoms with Gasteiger partial charge in [0.05, 0.1) is 12.6 Å². The first-order chi connectivity index (χ1) is 11.3. The highest BCUT2D eigenvalue weighted by Gasteiger charge is 2.37. The third kappa shape index (κ3) is 3.67. The minimum atomic E-state index is -0.815. The standard InChI is InChI=1S/C19H21NO3/c21-14-17-19(18(22)16-9-5-2-6-10-16)23-12-11-20(17)13-15-7-3-1-4-8-15/h1-10,14,17-19,22H,11-13H2/t17-,18+,19-/m0/s1. The van der Waals surface area contributed by atoms with Crippen molar-refractivity contribution >= 4 is 6.29 Å². The van der Waals surface area contributed by atoms with Crippen LogP contribution in [0.1, 0.15) is 17.2 Å². The fourth-order valence-electron chi connectivity index (χ4n) is 3.05. The quantitative estimate of drug-likeness (QED) is 0.860. The molecule has 1 heterocycles. The average Bonchev–Trinajstić information content (AvgIpc) is 2.62. The topological polar surface area (TPSA) is 49.8 Å². The van der Waals surface area contributed by atoms with E-state index in [2.05, 4.69) is 4.90 Å². The Bertz CT molecular complexity index is 617. The van der Waals surface area contributed by atoms with Gasteiger partial charge in [-0.05, 0) is 11.1 Å². The molecule has 1 fully saturated rings. The second-order valence-corrected chi connectivity index (χ2v) is 5.77. The summed E-state index contributed by atoms with van der Waals surface area (Å²) in [5.74, 6) is 0. The van der Waals surface area contributed by atoms with E-state index in [4.69, 9.17) is 4.74 Å². The molecule has 120 valence electrons. The molecule has 3 atom stereocenters. The van der Waals surface area contributed by atoms with Crippen molar-refractivity contribution < 1.29 is 14.6 Å². The van der Waals surface area contributed by atoms with Crippen molar-refractivity contribution in [2.75, 3.05) is 13.2 Å². The molecular weight excluding hydrogens is 290 g/mol. The van der Waals surface area contributed by atoms with Crippen LogP contribution in [-0.4, -0.2) is 41.6 Å². The molecule has 23 heavy (non-hydrogen) atoms. The molecule has 0 unspecified atom stereocenters. The van der Waals surface area contributed by atoms with Crippen LogP contribution in [0, 0.1) is 0 Å². The van der Waals surface area contributed by atoms with Gasteiger partial charge in [-0.2, -0.15) is 0 Å². The van der Waals surface area contributed by atoms with Gasteiger partial charge in [0, 0.05) is 13.1 Å². The zero-order valence-corrected chi connectivity index (χ0v) is 12.9. The number of aliphatic hydroxyl groups excluding tert-OH is 1. The second-order valence-electron chi connectivity index (χ2n) is 5.77. The predicted octanol–water partition coefficient (Wildman–Crippen LogP) is 2.19. The maximum absolute atomic E-state index is 11.7. The van der Waals surface area contributed by atoms with Gasteiger partial charge < -0.3 is 14.6 Å². The van der Waals surface area contributed by atoms with Crippen LogP contribution >= 0.6 is 0 Å². The average molecular weight is 311 g/mol. The largest absolute Gasteiger partial charge is 0.386 e. The summed E-state index contributed by atoms with van der Waals surface area (Å²) in [5, 5.41) is 10.6. The van der Waals surface area contributed by atoms with Crippen LogP contribution < -0.4 is 0 Å². The molecule has 1 N–H and O–H groups in total. The Hall–Kier alpha value is -2.01. The van der Waals surface area contributed by atoms with E-state index in [1.807, 2.05) is 60.7 Å². The van der Waals surface area contributed by atoms with Gasteiger partial charge >= 0.3 is 0 Å². The summed E-state index contributed by atoms with van der Waals surface area (Å²) < 4.78 is 5.74. The Morgan fingerprint density at radius 1 is 1.13 bits per heavy atom. The van der Waals surface area contributed by atoms with E-state index in [0.29, 0.717) is 19.7 Å². The Morgan fingerprint density at radius 2 is 1.78 bits per heavy atom. The fraction of sp³-hybridized carbons (Fsp3) is 0.316. The van der Waals surface area contributed by atoms with Gasteiger partial charge in [0.1, 0.15) is 18.5 Å². The summed E-state index contributed by atoms with van der Waals surface area (Å²) in [6, 6.07) is 18.9. The van der Waals surface area contributed by atoms with E-state index < -0.39 is 18.2 Å². The fourth-order valence-corrected chi connectivity index (χ4v) is 3.05. The number of aldehydes is 1. The van der Waals surface area contributed by atoms with Gasteiger partial charge in [0.2, 0.25) is 0 Å². The van der Waals surface area contributed by atoms with Gasteiger partial charge in [0.25, 0.3) is 0 Å². The Labute approximate surface area is 136 Å². The van der Waals surface area contributed by atoms with Gasteiger partial charge in [0.15, 0.2) is 0 Å². The van der Waals surface area contributed by atoms with Crippen LogP contribution in [0.5, 0.6) is 0 Å². The number of rotatable bonds is 5. The first kappa shape index (κ1) is 15.9. The van der Waals surface area contributed by atoms with Crippen molar-refractivity contribution in [2.45, 2.75) is 24.8 Å². The predicted molar refractivity (Wildman–Crippen MR) is 87.8 cm³/mol. The molecule has 0 aromatic heterocycles.